The summed E-state index contributed by atoms with van der Waals surface area (Å²) in [5.74, 6) is 0.357. The molecule has 1 aliphatic heterocycles. The minimum absolute atomic E-state index is 0.256. The van der Waals surface area contributed by atoms with Crippen molar-refractivity contribution in [3.05, 3.63) is 24.0 Å². The molecule has 2 rings (SSSR count). The van der Waals surface area contributed by atoms with Gasteiger partial charge < -0.3 is 15.0 Å². The summed E-state index contributed by atoms with van der Waals surface area (Å²) in [6.45, 7) is 5.04. The van der Waals surface area contributed by atoms with Gasteiger partial charge in [-0.15, -0.1) is 0 Å². The molecule has 0 spiro atoms. The topological polar surface area (TPSA) is 24.5 Å². The molecule has 17 heavy (non-hydrogen) atoms. The van der Waals surface area contributed by atoms with E-state index in [2.05, 4.69) is 17.1 Å². The molecule has 1 fully saturated rings. The fourth-order valence-corrected chi connectivity index (χ4v) is 2.35. The summed E-state index contributed by atoms with van der Waals surface area (Å²) in [6, 6.07) is 5.24. The van der Waals surface area contributed by atoms with Crippen molar-refractivity contribution in [2.45, 2.75) is 19.4 Å². The van der Waals surface area contributed by atoms with Gasteiger partial charge in [0.25, 0.3) is 0 Å². The predicted molar refractivity (Wildman–Crippen MR) is 67.2 cm³/mol. The molecule has 0 aromatic heterocycles. The molecule has 4 heteroatoms. The summed E-state index contributed by atoms with van der Waals surface area (Å²) in [4.78, 5) is 2.24. The Hall–Kier alpha value is -1.29. The van der Waals surface area contributed by atoms with Crippen molar-refractivity contribution in [1.29, 1.82) is 0 Å². The van der Waals surface area contributed by atoms with Gasteiger partial charge in [0.15, 0.2) is 0 Å². The molecule has 0 bridgehead atoms. The van der Waals surface area contributed by atoms with E-state index in [0.29, 0.717) is 11.8 Å². The van der Waals surface area contributed by atoms with Gasteiger partial charge in [0.05, 0.1) is 12.8 Å². The number of anilines is 1. The zero-order valence-corrected chi connectivity index (χ0v) is 10.4. The van der Waals surface area contributed by atoms with Gasteiger partial charge in [0, 0.05) is 25.2 Å². The van der Waals surface area contributed by atoms with Crippen LogP contribution in [0.1, 0.15) is 13.3 Å². The number of halogens is 1. The maximum Gasteiger partial charge on any atom is 0.145 e. The van der Waals surface area contributed by atoms with Gasteiger partial charge in [-0.25, -0.2) is 4.39 Å². The van der Waals surface area contributed by atoms with Crippen LogP contribution in [0.2, 0.25) is 0 Å². The maximum atomic E-state index is 13.1. The molecule has 0 amide bonds. The third kappa shape index (κ3) is 2.69. The molecule has 0 saturated carbocycles. The van der Waals surface area contributed by atoms with E-state index in [1.165, 1.54) is 12.1 Å². The molecular weight excluding hydrogens is 219 g/mol. The monoisotopic (exact) mass is 238 g/mol. The second-order valence-corrected chi connectivity index (χ2v) is 4.31. The lowest BCUT2D eigenvalue weighted by atomic mass is 10.2. The zero-order valence-electron chi connectivity index (χ0n) is 10.4. The Morgan fingerprint density at radius 1 is 1.53 bits per heavy atom. The quantitative estimate of drug-likeness (QED) is 0.868. The first-order chi connectivity index (χ1) is 8.24. The fraction of sp³-hybridized carbons (Fsp3) is 0.538. The molecule has 1 N–H and O–H groups in total. The van der Waals surface area contributed by atoms with Crippen LogP contribution in [0.3, 0.4) is 0 Å². The Morgan fingerprint density at radius 2 is 2.35 bits per heavy atom. The second kappa shape index (κ2) is 5.36. The minimum atomic E-state index is -0.256. The molecule has 1 aromatic carbocycles. The van der Waals surface area contributed by atoms with Gasteiger partial charge in [-0.2, -0.15) is 0 Å². The molecule has 1 atom stereocenters. The van der Waals surface area contributed by atoms with Crippen LogP contribution in [0.4, 0.5) is 10.1 Å². The van der Waals surface area contributed by atoms with Crippen LogP contribution < -0.4 is 15.0 Å². The molecule has 1 saturated heterocycles. The molecule has 1 heterocycles. The standard InChI is InChI=1S/C13H19FN2O/c1-3-15-11-6-7-16(9-11)12-5-4-10(14)8-13(12)17-2/h4-5,8,11,15H,3,6-7,9H2,1-2H3. The summed E-state index contributed by atoms with van der Waals surface area (Å²) in [7, 11) is 1.58. The maximum absolute atomic E-state index is 13.1. The lowest BCUT2D eigenvalue weighted by Gasteiger charge is -2.21. The van der Waals surface area contributed by atoms with Crippen molar-refractivity contribution < 1.29 is 9.13 Å². The highest BCUT2D eigenvalue weighted by Gasteiger charge is 2.23. The smallest absolute Gasteiger partial charge is 0.145 e. The lowest BCUT2D eigenvalue weighted by molar-refractivity contribution is 0.411. The second-order valence-electron chi connectivity index (χ2n) is 4.31. The summed E-state index contributed by atoms with van der Waals surface area (Å²) < 4.78 is 18.3. The number of nitrogens with one attached hydrogen (secondary N) is 1. The van der Waals surface area contributed by atoms with Crippen molar-refractivity contribution in [3.63, 3.8) is 0 Å². The summed E-state index contributed by atoms with van der Waals surface area (Å²) >= 11 is 0. The van der Waals surface area contributed by atoms with Crippen LogP contribution in [-0.2, 0) is 0 Å². The van der Waals surface area contributed by atoms with E-state index >= 15 is 0 Å². The Labute approximate surface area is 102 Å². The minimum Gasteiger partial charge on any atom is -0.494 e. The number of nitrogens with zero attached hydrogens (tertiary/aromatic N) is 1. The number of rotatable bonds is 4. The number of likely N-dealkylation sites (N-methyl/N-ethyl adjacent to an activating group) is 1. The van der Waals surface area contributed by atoms with E-state index in [1.807, 2.05) is 0 Å². The first-order valence-electron chi connectivity index (χ1n) is 6.06. The van der Waals surface area contributed by atoms with E-state index in [0.717, 1.165) is 31.7 Å². The van der Waals surface area contributed by atoms with Gasteiger partial charge in [-0.05, 0) is 25.1 Å². The molecule has 0 radical (unpaired) electrons. The summed E-state index contributed by atoms with van der Waals surface area (Å²) in [6.07, 6.45) is 1.12. The molecule has 94 valence electrons. The van der Waals surface area contributed by atoms with Crippen molar-refractivity contribution >= 4 is 5.69 Å². The summed E-state index contributed by atoms with van der Waals surface area (Å²) in [5.41, 5.74) is 0.981. The van der Waals surface area contributed by atoms with Gasteiger partial charge in [-0.1, -0.05) is 6.92 Å². The summed E-state index contributed by atoms with van der Waals surface area (Å²) in [5, 5.41) is 3.44. The van der Waals surface area contributed by atoms with Crippen LogP contribution in [0, 0.1) is 5.82 Å². The average Bonchev–Trinajstić information content (AvgIpc) is 2.78. The molecule has 3 nitrogen and oxygen atoms in total. The van der Waals surface area contributed by atoms with Gasteiger partial charge in [0.2, 0.25) is 0 Å². The van der Waals surface area contributed by atoms with Crippen molar-refractivity contribution in [3.8, 4) is 5.75 Å². The molecule has 1 unspecified atom stereocenters. The van der Waals surface area contributed by atoms with Crippen molar-refractivity contribution in [1.82, 2.24) is 5.32 Å². The van der Waals surface area contributed by atoms with E-state index in [9.17, 15) is 4.39 Å². The van der Waals surface area contributed by atoms with E-state index in [1.54, 1.807) is 13.2 Å². The van der Waals surface area contributed by atoms with Crippen LogP contribution in [0.5, 0.6) is 5.75 Å². The number of hydrogen-bond acceptors (Lipinski definition) is 3. The highest BCUT2D eigenvalue weighted by Crippen LogP contribution is 2.31. The fourth-order valence-electron chi connectivity index (χ4n) is 2.35. The Morgan fingerprint density at radius 3 is 3.06 bits per heavy atom. The number of hydrogen-bond donors (Lipinski definition) is 1. The van der Waals surface area contributed by atoms with Gasteiger partial charge >= 0.3 is 0 Å². The molecule has 0 aliphatic carbocycles. The average molecular weight is 238 g/mol. The largest absolute Gasteiger partial charge is 0.494 e. The number of benzene rings is 1. The van der Waals surface area contributed by atoms with Crippen LogP contribution >= 0.6 is 0 Å². The third-order valence-corrected chi connectivity index (χ3v) is 3.16. The Kier molecular flexibility index (Phi) is 3.84. The molecule has 1 aliphatic rings. The van der Waals surface area contributed by atoms with Crippen LogP contribution in [0.25, 0.3) is 0 Å². The van der Waals surface area contributed by atoms with Crippen LogP contribution in [0.15, 0.2) is 18.2 Å². The van der Waals surface area contributed by atoms with Crippen LogP contribution in [-0.4, -0.2) is 32.8 Å². The zero-order chi connectivity index (χ0) is 12.3. The van der Waals surface area contributed by atoms with Crippen molar-refractivity contribution in [2.24, 2.45) is 0 Å². The number of methoxy groups -OCH3 is 1. The molecule has 1 aromatic rings. The Bertz CT molecular complexity index is 384. The highest BCUT2D eigenvalue weighted by molar-refractivity contribution is 5.59. The first kappa shape index (κ1) is 12.2. The number of ether oxygens (including phenoxy) is 1. The first-order valence-corrected chi connectivity index (χ1v) is 6.06. The normalized spacial score (nSPS) is 19.7. The van der Waals surface area contributed by atoms with Crippen molar-refractivity contribution in [2.75, 3.05) is 31.6 Å². The van der Waals surface area contributed by atoms with E-state index < -0.39 is 0 Å². The van der Waals surface area contributed by atoms with E-state index in [4.69, 9.17) is 4.74 Å². The van der Waals surface area contributed by atoms with E-state index in [-0.39, 0.29) is 5.82 Å². The Balaban J connectivity index is 2.12. The third-order valence-electron chi connectivity index (χ3n) is 3.16. The lowest BCUT2D eigenvalue weighted by Crippen LogP contribution is -2.32. The SMILES string of the molecule is CCNC1CCN(c2ccc(F)cc2OC)C1. The highest BCUT2D eigenvalue weighted by atomic mass is 19.1. The van der Waals surface area contributed by atoms with Gasteiger partial charge in [0.1, 0.15) is 11.6 Å². The van der Waals surface area contributed by atoms with Gasteiger partial charge in [-0.3, -0.25) is 0 Å². The predicted octanol–water partition coefficient (Wildman–Crippen LogP) is 2.02. The molecular formula is C13H19FN2O.